The molecule has 2 bridgehead atoms. The smallest absolute Gasteiger partial charge is 0.265 e. The molecule has 8 rings (SSSR count). The van der Waals surface area contributed by atoms with Gasteiger partial charge in [0.1, 0.15) is 10.9 Å². The number of amides is 4. The Morgan fingerprint density at radius 2 is 1.86 bits per heavy atom. The van der Waals surface area contributed by atoms with Crippen molar-refractivity contribution in [3.05, 3.63) is 16.6 Å². The Balaban J connectivity index is 1.10. The minimum atomic E-state index is -2.52. The van der Waals surface area contributed by atoms with Crippen molar-refractivity contribution < 1.29 is 37.5 Å². The number of fused-ring (bicyclic) bond motifs is 3. The number of aromatic nitrogens is 1. The number of methoxy groups -OCH3 is 1. The van der Waals surface area contributed by atoms with E-state index in [9.17, 15) is 19.2 Å². The maximum atomic E-state index is 14.6. The molecule has 12 nitrogen and oxygen atoms in total. The lowest BCUT2D eigenvalue weighted by molar-refractivity contribution is -0.161. The molecule has 276 valence electrons. The van der Waals surface area contributed by atoms with E-state index in [1.165, 1.54) is 17.5 Å². The zero-order valence-electron chi connectivity index (χ0n) is 32.7. The number of thiazole rings is 1. The van der Waals surface area contributed by atoms with Crippen molar-refractivity contribution in [2.24, 2.45) is 34.0 Å². The molecule has 50 heavy (non-hydrogen) atoms. The molecule has 5 saturated heterocycles. The molecule has 6 heterocycles. The van der Waals surface area contributed by atoms with Crippen molar-refractivity contribution in [2.45, 2.75) is 90.4 Å². The first-order valence-corrected chi connectivity index (χ1v) is 19.4. The zero-order valence-corrected chi connectivity index (χ0v) is 30.5. The average molecular weight is 717 g/mol. The lowest BCUT2D eigenvalue weighted by atomic mass is 9.69. The molecule has 0 radical (unpaired) electrons. The maximum absolute atomic E-state index is 14.6. The molecule has 7 fully saturated rings. The first-order valence-electron chi connectivity index (χ1n) is 20.0. The Morgan fingerprint density at radius 1 is 1.10 bits per heavy atom. The van der Waals surface area contributed by atoms with E-state index in [0.717, 1.165) is 44.9 Å². The van der Waals surface area contributed by atoms with Crippen molar-refractivity contribution in [3.63, 3.8) is 0 Å². The van der Waals surface area contributed by atoms with Crippen LogP contribution in [0.1, 0.15) is 85.9 Å². The van der Waals surface area contributed by atoms with Gasteiger partial charge in [-0.05, 0) is 70.1 Å². The monoisotopic (exact) mass is 716 g/mol. The Labute approximate surface area is 304 Å². The number of ether oxygens (including phenoxy) is 3. The number of rotatable bonds is 12. The van der Waals surface area contributed by atoms with Gasteiger partial charge in [-0.2, -0.15) is 0 Å². The standard InChI is InChI=1S/C37H55N5O7S/c1-24(48-21-36-11-9-27(10-12-36)49-22-36)30(33(45)40-13-5-6-25(15-40)17-47-4)39-31(43)28-16-41(32(44)29-14-38-23-50-29)18-37(28)19-42(20-37)34(46)35(2,3)26-7-8-26/h14,23-28,30H,5-13,15-22H2,1-4H3,(H,39,43)/t24-,25+,27?,28+,30+,36?/m1/s1/i4D3. The van der Waals surface area contributed by atoms with Gasteiger partial charge in [-0.15, -0.1) is 11.3 Å². The quantitative estimate of drug-likeness (QED) is 0.349. The van der Waals surface area contributed by atoms with Gasteiger partial charge in [0.2, 0.25) is 17.7 Å². The van der Waals surface area contributed by atoms with Crippen LogP contribution in [-0.2, 0) is 28.6 Å². The summed E-state index contributed by atoms with van der Waals surface area (Å²) in [6, 6.07) is -1.02. The highest BCUT2D eigenvalue weighted by Gasteiger charge is 2.61. The van der Waals surface area contributed by atoms with Crippen molar-refractivity contribution in [2.75, 3.05) is 66.1 Å². The summed E-state index contributed by atoms with van der Waals surface area (Å²) in [5.74, 6) is -1.20. The minimum Gasteiger partial charge on any atom is -0.384 e. The highest BCUT2D eigenvalue weighted by atomic mass is 32.1. The van der Waals surface area contributed by atoms with Crippen LogP contribution in [-0.4, -0.2) is 128 Å². The van der Waals surface area contributed by atoms with E-state index in [4.69, 9.17) is 18.3 Å². The molecule has 4 atom stereocenters. The zero-order chi connectivity index (χ0) is 37.8. The normalized spacial score (nSPS) is 31.4. The largest absolute Gasteiger partial charge is 0.384 e. The summed E-state index contributed by atoms with van der Waals surface area (Å²) in [5, 5.41) is 3.12. The van der Waals surface area contributed by atoms with Crippen LogP contribution < -0.4 is 5.32 Å². The Kier molecular flexibility index (Phi) is 9.03. The molecule has 1 aromatic heterocycles. The van der Waals surface area contributed by atoms with E-state index >= 15 is 0 Å². The van der Waals surface area contributed by atoms with Gasteiger partial charge in [-0.3, -0.25) is 24.2 Å². The maximum Gasteiger partial charge on any atom is 0.265 e. The third-order valence-electron chi connectivity index (χ3n) is 12.8. The number of nitrogens with zero attached hydrogens (tertiary/aromatic N) is 4. The molecule has 1 aromatic rings. The predicted molar refractivity (Wildman–Crippen MR) is 186 cm³/mol. The number of carbonyl (C=O) groups is 4. The summed E-state index contributed by atoms with van der Waals surface area (Å²) in [5.41, 5.74) is 0.350. The van der Waals surface area contributed by atoms with E-state index < -0.39 is 35.9 Å². The van der Waals surface area contributed by atoms with Crippen molar-refractivity contribution >= 4 is 35.0 Å². The summed E-state index contributed by atoms with van der Waals surface area (Å²) < 4.78 is 40.1. The second kappa shape index (κ2) is 14.1. The molecule has 0 aromatic carbocycles. The SMILES string of the molecule is [2H]C([2H])([2H])OC[C@H]1CCCN(C(=O)[C@@H](NC(=O)[C@@H]2CN(C(=O)c3cncs3)CC23CN(C(=O)C(C)(C)C2CC2)C3)[C@@H](C)OCC23CCC(CC2)OC3)C1. The van der Waals surface area contributed by atoms with Crippen LogP contribution in [0.2, 0.25) is 0 Å². The Hall–Kier alpha value is -2.61. The third kappa shape index (κ3) is 6.96. The fourth-order valence-corrected chi connectivity index (χ4v) is 9.86. The summed E-state index contributed by atoms with van der Waals surface area (Å²) in [7, 11) is -2.52. The third-order valence-corrected chi connectivity index (χ3v) is 13.6. The second-order valence-electron chi connectivity index (χ2n) is 16.7. The van der Waals surface area contributed by atoms with Crippen LogP contribution in [0.3, 0.4) is 0 Å². The Bertz CT molecular complexity index is 1510. The van der Waals surface area contributed by atoms with E-state index in [2.05, 4.69) is 10.3 Å². The average Bonchev–Trinajstić information content (AvgIpc) is 3.71. The summed E-state index contributed by atoms with van der Waals surface area (Å²) in [4.78, 5) is 66.2. The molecule has 0 unspecified atom stereocenters. The first-order chi connectivity index (χ1) is 25.1. The molecule has 13 heteroatoms. The van der Waals surface area contributed by atoms with Gasteiger partial charge in [-0.1, -0.05) is 13.8 Å². The molecular formula is C37H55N5O7S. The number of piperidine rings is 1. The number of hydrogen-bond donors (Lipinski definition) is 1. The highest BCUT2D eigenvalue weighted by Crippen LogP contribution is 2.51. The topological polar surface area (TPSA) is 131 Å². The predicted octanol–water partition coefficient (Wildman–Crippen LogP) is 3.21. The van der Waals surface area contributed by atoms with Crippen molar-refractivity contribution in [1.82, 2.24) is 25.0 Å². The molecule has 1 spiro atoms. The molecule has 1 N–H and O–H groups in total. The lowest BCUT2D eigenvalue weighted by Gasteiger charge is -2.52. The van der Waals surface area contributed by atoms with E-state index in [1.54, 1.807) is 15.3 Å². The van der Waals surface area contributed by atoms with E-state index in [0.29, 0.717) is 69.3 Å². The van der Waals surface area contributed by atoms with Gasteiger partial charge >= 0.3 is 0 Å². The number of carbonyl (C=O) groups excluding carboxylic acids is 4. The van der Waals surface area contributed by atoms with Crippen LogP contribution in [0.4, 0.5) is 0 Å². The van der Waals surface area contributed by atoms with Gasteiger partial charge < -0.3 is 34.2 Å². The molecule has 4 amide bonds. The van der Waals surface area contributed by atoms with Crippen LogP contribution in [0, 0.1) is 34.0 Å². The summed E-state index contributed by atoms with van der Waals surface area (Å²) >= 11 is 1.25. The lowest BCUT2D eigenvalue weighted by Crippen LogP contribution is -2.67. The number of likely N-dealkylation sites (tertiary alicyclic amines) is 3. The van der Waals surface area contributed by atoms with Gasteiger partial charge in [-0.25, -0.2) is 0 Å². The van der Waals surface area contributed by atoms with Crippen LogP contribution in [0.25, 0.3) is 0 Å². The summed E-state index contributed by atoms with van der Waals surface area (Å²) in [6.45, 7) is 8.84. The molecule has 5 aliphatic heterocycles. The van der Waals surface area contributed by atoms with Gasteiger partial charge in [0.25, 0.3) is 5.91 Å². The van der Waals surface area contributed by atoms with Crippen molar-refractivity contribution in [1.29, 1.82) is 0 Å². The fraction of sp³-hybridized carbons (Fsp3) is 0.811. The first kappa shape index (κ1) is 32.1. The van der Waals surface area contributed by atoms with E-state index in [-0.39, 0.29) is 48.1 Å². The number of hydrogen-bond acceptors (Lipinski definition) is 9. The highest BCUT2D eigenvalue weighted by molar-refractivity contribution is 7.11. The summed E-state index contributed by atoms with van der Waals surface area (Å²) in [6.07, 6.45) is 8.61. The molecular weight excluding hydrogens is 659 g/mol. The van der Waals surface area contributed by atoms with Gasteiger partial charge in [0, 0.05) is 62.6 Å². The van der Waals surface area contributed by atoms with Gasteiger partial charge in [0.05, 0.1) is 53.8 Å². The second-order valence-corrected chi connectivity index (χ2v) is 17.6. The minimum absolute atomic E-state index is 0.00780. The molecule has 2 saturated carbocycles. The Morgan fingerprint density at radius 3 is 2.52 bits per heavy atom. The molecule has 7 aliphatic rings. The number of nitrogens with one attached hydrogen (secondary N) is 1. The van der Waals surface area contributed by atoms with Crippen LogP contribution >= 0.6 is 11.3 Å². The molecule has 2 aliphatic carbocycles. The van der Waals surface area contributed by atoms with Crippen LogP contribution in [0.15, 0.2) is 11.7 Å². The fourth-order valence-electron chi connectivity index (χ4n) is 9.28. The van der Waals surface area contributed by atoms with E-state index in [1.807, 2.05) is 25.7 Å². The van der Waals surface area contributed by atoms with Gasteiger partial charge in [0.15, 0.2) is 0 Å². The van der Waals surface area contributed by atoms with Crippen molar-refractivity contribution in [3.8, 4) is 0 Å². The van der Waals surface area contributed by atoms with Crippen LogP contribution in [0.5, 0.6) is 0 Å².